The lowest BCUT2D eigenvalue weighted by Gasteiger charge is -2.41. The number of carbonyl (C=O) groups excluding carboxylic acids is 2. The Kier molecular flexibility index (Phi) is 12.9. The number of benzene rings is 2. The molecule has 288 valence electrons. The quantitative estimate of drug-likeness (QED) is 0.143. The summed E-state index contributed by atoms with van der Waals surface area (Å²) in [5.41, 5.74) is 2.23. The number of hydrogen-bond donors (Lipinski definition) is 4. The second-order valence-corrected chi connectivity index (χ2v) is 14.2. The number of rotatable bonds is 14. The van der Waals surface area contributed by atoms with Gasteiger partial charge in [0.2, 0.25) is 11.8 Å². The number of hydrogen-bond acceptors (Lipinski definition) is 9. The normalized spacial score (nSPS) is 20.4. The molecule has 15 heteroatoms. The first kappa shape index (κ1) is 39.2. The van der Waals surface area contributed by atoms with Crippen molar-refractivity contribution in [3.63, 3.8) is 0 Å². The molecule has 2 aromatic carbocycles. The van der Waals surface area contributed by atoms with Gasteiger partial charge in [0.1, 0.15) is 42.5 Å². The van der Waals surface area contributed by atoms with Crippen LogP contribution in [0.4, 0.5) is 13.2 Å². The van der Waals surface area contributed by atoms with Gasteiger partial charge in [-0.05, 0) is 55.2 Å². The van der Waals surface area contributed by atoms with Gasteiger partial charge in [-0.3, -0.25) is 24.4 Å². The van der Waals surface area contributed by atoms with Gasteiger partial charge in [0.25, 0.3) is 0 Å². The van der Waals surface area contributed by atoms with E-state index >= 15 is 0 Å². The van der Waals surface area contributed by atoms with Crippen LogP contribution in [0.2, 0.25) is 5.02 Å². The minimum atomic E-state index is -4.60. The van der Waals surface area contributed by atoms with Gasteiger partial charge in [0.05, 0.1) is 23.7 Å². The number of β-amino-alcohol motifs (C(OH)–C–C–N with tert-alkyl or cyclic N) is 1. The SMILES string of the molecule is O=C(N[C@H]1c2ccccc2OC[C@H]1O)[C@H](CCc1ccccc1)C[C@H](O)CN1CCN(Cc2ccc(-c3ccc(Cl)cn3)o2)C[C@H]1C(=O)NCC(F)(F)F. The number of furan rings is 1. The number of nitrogens with one attached hydrogen (secondary N) is 2. The van der Waals surface area contributed by atoms with Crippen molar-refractivity contribution in [1.29, 1.82) is 0 Å². The highest BCUT2D eigenvalue weighted by molar-refractivity contribution is 6.30. The summed E-state index contributed by atoms with van der Waals surface area (Å²) in [6.45, 7) is -0.478. The Morgan fingerprint density at radius 2 is 1.80 bits per heavy atom. The van der Waals surface area contributed by atoms with Crippen LogP contribution in [0.1, 0.15) is 35.8 Å². The third-order valence-electron chi connectivity index (χ3n) is 9.71. The number of ether oxygens (including phenoxy) is 1. The number of halogens is 4. The van der Waals surface area contributed by atoms with Crippen LogP contribution in [0, 0.1) is 5.92 Å². The van der Waals surface area contributed by atoms with Crippen molar-refractivity contribution in [3.8, 4) is 17.2 Å². The monoisotopic (exact) mass is 769 g/mol. The molecule has 54 heavy (non-hydrogen) atoms. The summed E-state index contributed by atoms with van der Waals surface area (Å²) >= 11 is 5.95. The van der Waals surface area contributed by atoms with Gasteiger partial charge in [0.15, 0.2) is 5.76 Å². The minimum absolute atomic E-state index is 0.00365. The van der Waals surface area contributed by atoms with Gasteiger partial charge in [0, 0.05) is 43.9 Å². The highest BCUT2D eigenvalue weighted by atomic mass is 35.5. The summed E-state index contributed by atoms with van der Waals surface area (Å²) < 4.78 is 51.0. The van der Waals surface area contributed by atoms with Gasteiger partial charge >= 0.3 is 6.18 Å². The molecular formula is C39H43ClF3N5O6. The van der Waals surface area contributed by atoms with E-state index in [9.17, 15) is 33.0 Å². The number of nitrogens with zero attached hydrogens (tertiary/aromatic N) is 3. The number of aryl methyl sites for hydroxylation is 1. The number of alkyl halides is 3. The Morgan fingerprint density at radius 3 is 2.56 bits per heavy atom. The van der Waals surface area contributed by atoms with E-state index < -0.39 is 48.8 Å². The molecule has 0 radical (unpaired) electrons. The predicted octanol–water partition coefficient (Wildman–Crippen LogP) is 4.77. The fourth-order valence-corrected chi connectivity index (χ4v) is 7.06. The molecule has 2 aliphatic heterocycles. The van der Waals surface area contributed by atoms with Crippen molar-refractivity contribution >= 4 is 23.4 Å². The third-order valence-corrected chi connectivity index (χ3v) is 9.93. The van der Waals surface area contributed by atoms with Crippen molar-refractivity contribution in [2.45, 2.75) is 56.3 Å². The summed E-state index contributed by atoms with van der Waals surface area (Å²) in [7, 11) is 0. The van der Waals surface area contributed by atoms with Gasteiger partial charge in [-0.2, -0.15) is 13.2 Å². The summed E-state index contributed by atoms with van der Waals surface area (Å²) in [6.07, 6.45) is -4.25. The molecule has 4 N–H and O–H groups in total. The third kappa shape index (κ3) is 10.6. The fraction of sp³-hybridized carbons (Fsp3) is 0.410. The Balaban J connectivity index is 1.14. The van der Waals surface area contributed by atoms with Crippen LogP contribution in [-0.4, -0.2) is 101 Å². The van der Waals surface area contributed by atoms with E-state index in [1.807, 2.05) is 40.5 Å². The van der Waals surface area contributed by atoms with Crippen LogP contribution in [0.25, 0.3) is 11.5 Å². The summed E-state index contributed by atoms with van der Waals surface area (Å²) in [5.74, 6) is -0.209. The molecule has 1 saturated heterocycles. The molecule has 4 heterocycles. The molecule has 5 atom stereocenters. The highest BCUT2D eigenvalue weighted by Gasteiger charge is 2.38. The lowest BCUT2D eigenvalue weighted by atomic mass is 9.91. The second kappa shape index (κ2) is 17.8. The van der Waals surface area contributed by atoms with Crippen molar-refractivity contribution in [2.75, 3.05) is 39.3 Å². The van der Waals surface area contributed by atoms with Gasteiger partial charge < -0.3 is 30.0 Å². The standard InChI is InChI=1S/C39H43ClF3N5O6/c40-27-12-14-31(44-19-27)35-15-13-29(54-35)21-47-16-17-48(32(22-47)38(52)45-24-39(41,42)43)20-28(49)18-26(11-10-25-6-2-1-3-7-25)37(51)46-36-30-8-4-5-9-34(30)53-23-33(36)50/h1-9,12-15,19,26,28,32-33,36,49-50H,10-11,16-18,20-24H2,(H,45,52)(H,46,51)/t26-,28+,32+,33-,36+/m1/s1. The van der Waals surface area contributed by atoms with Crippen LogP contribution in [0.15, 0.2) is 89.5 Å². The van der Waals surface area contributed by atoms with Gasteiger partial charge in [-0.15, -0.1) is 0 Å². The van der Waals surface area contributed by atoms with Crippen LogP contribution >= 0.6 is 11.6 Å². The highest BCUT2D eigenvalue weighted by Crippen LogP contribution is 2.33. The molecule has 2 aliphatic rings. The van der Waals surface area contributed by atoms with E-state index in [2.05, 4.69) is 10.3 Å². The first-order chi connectivity index (χ1) is 25.9. The summed E-state index contributed by atoms with van der Waals surface area (Å²) in [5, 5.41) is 27.7. The number of fused-ring (bicyclic) bond motifs is 1. The smallest absolute Gasteiger partial charge is 0.405 e. The molecule has 2 aromatic heterocycles. The zero-order valence-electron chi connectivity index (χ0n) is 29.4. The number of aliphatic hydroxyl groups excluding tert-OH is 2. The van der Waals surface area contributed by atoms with E-state index in [4.69, 9.17) is 20.8 Å². The lowest BCUT2D eigenvalue weighted by Crippen LogP contribution is -2.60. The van der Waals surface area contributed by atoms with E-state index in [-0.39, 0.29) is 45.1 Å². The number of carbonyl (C=O) groups is 2. The summed E-state index contributed by atoms with van der Waals surface area (Å²) in [6, 6.07) is 22.0. The maximum Gasteiger partial charge on any atom is 0.405 e. The van der Waals surface area contributed by atoms with Crippen molar-refractivity contribution in [1.82, 2.24) is 25.4 Å². The lowest BCUT2D eigenvalue weighted by molar-refractivity contribution is -0.143. The average molecular weight is 770 g/mol. The molecule has 0 aliphatic carbocycles. The van der Waals surface area contributed by atoms with E-state index in [1.54, 1.807) is 53.4 Å². The Morgan fingerprint density at radius 1 is 1.02 bits per heavy atom. The number of aliphatic hydroxyl groups is 2. The molecule has 6 rings (SSSR count). The maximum atomic E-state index is 13.9. The zero-order valence-corrected chi connectivity index (χ0v) is 30.2. The number of amides is 2. The number of aromatic nitrogens is 1. The molecule has 0 spiro atoms. The van der Waals surface area contributed by atoms with Crippen molar-refractivity contribution in [2.24, 2.45) is 5.92 Å². The van der Waals surface area contributed by atoms with Crippen LogP contribution < -0.4 is 15.4 Å². The van der Waals surface area contributed by atoms with Gasteiger partial charge in [-0.1, -0.05) is 60.1 Å². The largest absolute Gasteiger partial charge is 0.490 e. The Hall–Kier alpha value is -4.47. The molecule has 11 nitrogen and oxygen atoms in total. The molecule has 2 amide bonds. The van der Waals surface area contributed by atoms with Crippen molar-refractivity contribution < 1.29 is 42.1 Å². The Labute approximate surface area is 316 Å². The van der Waals surface area contributed by atoms with E-state index in [0.717, 1.165) is 5.56 Å². The topological polar surface area (TPSA) is 140 Å². The molecular weight excluding hydrogens is 727 g/mol. The maximum absolute atomic E-state index is 13.9. The molecule has 4 aromatic rings. The first-order valence-corrected chi connectivity index (χ1v) is 18.2. The molecule has 0 saturated carbocycles. The van der Waals surface area contributed by atoms with E-state index in [1.165, 1.54) is 6.20 Å². The number of piperazine rings is 1. The Bertz CT molecular complexity index is 1850. The van der Waals surface area contributed by atoms with Crippen LogP contribution in [0.3, 0.4) is 0 Å². The minimum Gasteiger partial charge on any atom is -0.490 e. The first-order valence-electron chi connectivity index (χ1n) is 17.9. The fourth-order valence-electron chi connectivity index (χ4n) is 6.94. The predicted molar refractivity (Wildman–Crippen MR) is 194 cm³/mol. The van der Waals surface area contributed by atoms with Gasteiger partial charge in [-0.25, -0.2) is 0 Å². The zero-order chi connectivity index (χ0) is 38.2. The number of para-hydroxylation sites is 1. The second-order valence-electron chi connectivity index (χ2n) is 13.7. The average Bonchev–Trinajstić information content (AvgIpc) is 3.62. The molecule has 1 fully saturated rings. The van der Waals surface area contributed by atoms with Crippen LogP contribution in [-0.2, 0) is 22.6 Å². The number of pyridine rings is 1. The molecule has 0 unspecified atom stereocenters. The summed E-state index contributed by atoms with van der Waals surface area (Å²) in [4.78, 5) is 35.0. The van der Waals surface area contributed by atoms with Crippen LogP contribution in [0.5, 0.6) is 5.75 Å². The molecule has 0 bridgehead atoms. The van der Waals surface area contributed by atoms with E-state index in [0.29, 0.717) is 52.9 Å². The van der Waals surface area contributed by atoms with Crippen molar-refractivity contribution in [3.05, 3.63) is 107 Å².